The molecule has 21 heavy (non-hydrogen) atoms. The van der Waals surface area contributed by atoms with Crippen molar-refractivity contribution in [3.63, 3.8) is 0 Å². The number of hydrogen-bond donors (Lipinski definition) is 0. The first-order valence-corrected chi connectivity index (χ1v) is 7.00. The van der Waals surface area contributed by atoms with Gasteiger partial charge in [-0.1, -0.05) is 18.2 Å². The monoisotopic (exact) mass is 291 g/mol. The highest BCUT2D eigenvalue weighted by Gasteiger charge is 2.25. The first kappa shape index (κ1) is 15.3. The summed E-state index contributed by atoms with van der Waals surface area (Å²) in [6.07, 6.45) is -0.360. The van der Waals surface area contributed by atoms with Crippen LogP contribution in [0.25, 0.3) is 0 Å². The van der Waals surface area contributed by atoms with E-state index in [0.717, 1.165) is 0 Å². The summed E-state index contributed by atoms with van der Waals surface area (Å²) in [6.45, 7) is 2.51. The van der Waals surface area contributed by atoms with Gasteiger partial charge in [0.25, 0.3) is 0 Å². The van der Waals surface area contributed by atoms with Crippen LogP contribution in [0.4, 0.5) is 4.79 Å². The molecule has 0 aromatic heterocycles. The fraction of sp³-hybridized carbons (Fsp3) is 0.467. The van der Waals surface area contributed by atoms with Gasteiger partial charge in [0.2, 0.25) is 5.91 Å². The van der Waals surface area contributed by atoms with E-state index in [0.29, 0.717) is 38.5 Å². The van der Waals surface area contributed by atoms with E-state index in [-0.39, 0.29) is 12.0 Å². The molecule has 2 amide bonds. The number of nitrogens with zero attached hydrogens (tertiary/aromatic N) is 3. The molecule has 6 nitrogen and oxygen atoms in total. The Bertz CT molecular complexity index is 482. The zero-order valence-corrected chi connectivity index (χ0v) is 12.5. The molecule has 0 aliphatic carbocycles. The molecule has 6 heteroatoms. The van der Waals surface area contributed by atoms with Crippen molar-refractivity contribution < 1.29 is 14.3 Å². The summed E-state index contributed by atoms with van der Waals surface area (Å²) in [6, 6.07) is 9.00. The predicted octanol–water partition coefficient (Wildman–Crippen LogP) is 0.891. The molecule has 0 bridgehead atoms. The van der Waals surface area contributed by atoms with Crippen molar-refractivity contribution in [2.24, 2.45) is 0 Å². The topological polar surface area (TPSA) is 53.1 Å². The third-order valence-electron chi connectivity index (χ3n) is 3.29. The average molecular weight is 291 g/mol. The minimum atomic E-state index is -0.360. The fourth-order valence-electron chi connectivity index (χ4n) is 2.16. The molecule has 1 aromatic carbocycles. The highest BCUT2D eigenvalue weighted by Crippen LogP contribution is 2.11. The Hall–Kier alpha value is -2.08. The van der Waals surface area contributed by atoms with Crippen LogP contribution in [0.1, 0.15) is 0 Å². The molecule has 0 unspecified atom stereocenters. The van der Waals surface area contributed by atoms with Gasteiger partial charge in [-0.2, -0.15) is 0 Å². The smallest absolute Gasteiger partial charge is 0.410 e. The van der Waals surface area contributed by atoms with Gasteiger partial charge in [0.1, 0.15) is 5.75 Å². The number of carbonyl (C=O) groups excluding carboxylic acids is 2. The van der Waals surface area contributed by atoms with Crippen molar-refractivity contribution in [1.29, 1.82) is 0 Å². The number of piperazine rings is 1. The SMILES string of the molecule is CN(C)CC(=O)N1CCN(C(=O)Oc2ccccc2)CC1. The maximum Gasteiger partial charge on any atom is 0.415 e. The Kier molecular flexibility index (Phi) is 5.16. The highest BCUT2D eigenvalue weighted by molar-refractivity contribution is 5.78. The van der Waals surface area contributed by atoms with Gasteiger partial charge in [-0.25, -0.2) is 4.79 Å². The quantitative estimate of drug-likeness (QED) is 0.830. The van der Waals surface area contributed by atoms with Gasteiger partial charge < -0.3 is 19.4 Å². The molecular formula is C15H21N3O3. The summed E-state index contributed by atoms with van der Waals surface area (Å²) in [5.74, 6) is 0.629. The van der Waals surface area contributed by atoms with Crippen molar-refractivity contribution in [2.75, 3.05) is 46.8 Å². The number of likely N-dealkylation sites (N-methyl/N-ethyl adjacent to an activating group) is 1. The number of benzene rings is 1. The van der Waals surface area contributed by atoms with E-state index in [9.17, 15) is 9.59 Å². The van der Waals surface area contributed by atoms with Crippen LogP contribution in [0, 0.1) is 0 Å². The van der Waals surface area contributed by atoms with Gasteiger partial charge in [0.15, 0.2) is 0 Å². The minimum absolute atomic E-state index is 0.0936. The maximum absolute atomic E-state index is 12.0. The molecule has 1 aliphatic rings. The molecule has 0 saturated carbocycles. The van der Waals surface area contributed by atoms with Gasteiger partial charge in [-0.15, -0.1) is 0 Å². The van der Waals surface area contributed by atoms with E-state index in [2.05, 4.69) is 0 Å². The number of amides is 2. The molecule has 2 rings (SSSR count). The zero-order valence-electron chi connectivity index (χ0n) is 12.5. The van der Waals surface area contributed by atoms with Gasteiger partial charge in [0.05, 0.1) is 6.54 Å². The van der Waals surface area contributed by atoms with Crippen LogP contribution < -0.4 is 4.74 Å². The molecule has 114 valence electrons. The molecule has 1 heterocycles. The number of hydrogen-bond acceptors (Lipinski definition) is 4. The Morgan fingerprint density at radius 2 is 1.62 bits per heavy atom. The van der Waals surface area contributed by atoms with Crippen LogP contribution in [-0.2, 0) is 4.79 Å². The molecule has 1 aromatic rings. The van der Waals surface area contributed by atoms with E-state index in [1.165, 1.54) is 0 Å². The largest absolute Gasteiger partial charge is 0.415 e. The van der Waals surface area contributed by atoms with Crippen molar-refractivity contribution >= 4 is 12.0 Å². The van der Waals surface area contributed by atoms with E-state index >= 15 is 0 Å². The Balaban J connectivity index is 1.81. The number of rotatable bonds is 3. The van der Waals surface area contributed by atoms with Crippen LogP contribution in [-0.4, -0.2) is 73.5 Å². The molecule has 1 fully saturated rings. The molecule has 1 aliphatic heterocycles. The summed E-state index contributed by atoms with van der Waals surface area (Å²) in [5, 5.41) is 0. The highest BCUT2D eigenvalue weighted by atomic mass is 16.6. The Morgan fingerprint density at radius 1 is 1.05 bits per heavy atom. The van der Waals surface area contributed by atoms with Gasteiger partial charge in [-0.05, 0) is 26.2 Å². The number of carbonyl (C=O) groups is 2. The van der Waals surface area contributed by atoms with Crippen molar-refractivity contribution in [3.05, 3.63) is 30.3 Å². The number of ether oxygens (including phenoxy) is 1. The summed E-state index contributed by atoms with van der Waals surface area (Å²) < 4.78 is 5.29. The lowest BCUT2D eigenvalue weighted by Gasteiger charge is -2.34. The second kappa shape index (κ2) is 7.08. The molecular weight excluding hydrogens is 270 g/mol. The summed E-state index contributed by atoms with van der Waals surface area (Å²) in [7, 11) is 3.73. The van der Waals surface area contributed by atoms with E-state index in [1.807, 2.05) is 37.2 Å². The predicted molar refractivity (Wildman–Crippen MR) is 79.2 cm³/mol. The van der Waals surface area contributed by atoms with Crippen LogP contribution in [0.2, 0.25) is 0 Å². The third kappa shape index (κ3) is 4.46. The first-order chi connectivity index (χ1) is 10.1. The minimum Gasteiger partial charge on any atom is -0.410 e. The molecule has 0 atom stereocenters. The van der Waals surface area contributed by atoms with Crippen molar-refractivity contribution in [3.8, 4) is 5.75 Å². The molecule has 1 saturated heterocycles. The second-order valence-electron chi connectivity index (χ2n) is 5.29. The van der Waals surface area contributed by atoms with Crippen molar-refractivity contribution in [2.45, 2.75) is 0 Å². The van der Waals surface area contributed by atoms with Crippen LogP contribution in [0.3, 0.4) is 0 Å². The molecule has 0 radical (unpaired) electrons. The lowest BCUT2D eigenvalue weighted by atomic mass is 10.3. The zero-order chi connectivity index (χ0) is 15.2. The Morgan fingerprint density at radius 3 is 2.19 bits per heavy atom. The van der Waals surface area contributed by atoms with Gasteiger partial charge in [-0.3, -0.25) is 4.79 Å². The lowest BCUT2D eigenvalue weighted by Crippen LogP contribution is -2.52. The van der Waals surface area contributed by atoms with Gasteiger partial charge >= 0.3 is 6.09 Å². The van der Waals surface area contributed by atoms with E-state index < -0.39 is 0 Å². The third-order valence-corrected chi connectivity index (χ3v) is 3.29. The van der Waals surface area contributed by atoms with Crippen molar-refractivity contribution in [1.82, 2.24) is 14.7 Å². The second-order valence-corrected chi connectivity index (χ2v) is 5.29. The van der Waals surface area contributed by atoms with E-state index in [1.54, 1.807) is 21.9 Å². The standard InChI is InChI=1S/C15H21N3O3/c1-16(2)12-14(19)17-8-10-18(11-9-17)15(20)21-13-6-4-3-5-7-13/h3-7H,8-12H2,1-2H3. The van der Waals surface area contributed by atoms with Crippen LogP contribution >= 0.6 is 0 Å². The van der Waals surface area contributed by atoms with Gasteiger partial charge in [0, 0.05) is 26.2 Å². The summed E-state index contributed by atoms with van der Waals surface area (Å²) >= 11 is 0. The fourth-order valence-corrected chi connectivity index (χ4v) is 2.16. The number of para-hydroxylation sites is 1. The van der Waals surface area contributed by atoms with Crippen LogP contribution in [0.5, 0.6) is 5.75 Å². The normalized spacial score (nSPS) is 15.2. The lowest BCUT2D eigenvalue weighted by molar-refractivity contribution is -0.133. The summed E-state index contributed by atoms with van der Waals surface area (Å²) in [5.41, 5.74) is 0. The average Bonchev–Trinajstić information content (AvgIpc) is 2.47. The first-order valence-electron chi connectivity index (χ1n) is 7.00. The Labute approximate surface area is 124 Å². The summed E-state index contributed by atoms with van der Waals surface area (Å²) in [4.78, 5) is 29.2. The van der Waals surface area contributed by atoms with Crippen LogP contribution in [0.15, 0.2) is 30.3 Å². The maximum atomic E-state index is 12.0. The molecule has 0 N–H and O–H groups in total. The van der Waals surface area contributed by atoms with E-state index in [4.69, 9.17) is 4.74 Å². The molecule has 0 spiro atoms.